The molecule has 1 aliphatic carbocycles. The number of esters is 1. The molecule has 1 aliphatic rings. The van der Waals surface area contributed by atoms with Crippen LogP contribution in [0.1, 0.15) is 98.8 Å². The molecule has 0 saturated heterocycles. The number of rotatable bonds is 10. The Morgan fingerprint density at radius 3 is 2.17 bits per heavy atom. The number of carbonyl (C=O) groups is 3. The van der Waals surface area contributed by atoms with Crippen molar-refractivity contribution in [1.82, 2.24) is 5.32 Å². The summed E-state index contributed by atoms with van der Waals surface area (Å²) in [6.45, 7) is 9.30. The fourth-order valence-corrected chi connectivity index (χ4v) is 4.30. The lowest BCUT2D eigenvalue weighted by Gasteiger charge is -2.25. The molecule has 5 nitrogen and oxygen atoms in total. The van der Waals surface area contributed by atoms with Gasteiger partial charge in [-0.25, -0.2) is 0 Å². The Morgan fingerprint density at radius 2 is 1.62 bits per heavy atom. The van der Waals surface area contributed by atoms with Gasteiger partial charge in [0.1, 0.15) is 11.5 Å². The number of amides is 1. The Bertz CT molecular complexity index is 519. The van der Waals surface area contributed by atoms with Crippen LogP contribution in [0, 0.1) is 11.8 Å². The van der Waals surface area contributed by atoms with Crippen LogP contribution in [0.25, 0.3) is 0 Å². The zero-order valence-corrected chi connectivity index (χ0v) is 19.9. The number of hydrogen-bond acceptors (Lipinski definition) is 5. The van der Waals surface area contributed by atoms with Gasteiger partial charge in [0.15, 0.2) is 5.12 Å². The molecule has 0 unspecified atom stereocenters. The molecule has 0 radical (unpaired) electrons. The molecular weight excluding hydrogens is 386 g/mol. The quantitative estimate of drug-likeness (QED) is 0.223. The first-order valence-corrected chi connectivity index (χ1v) is 12.3. The van der Waals surface area contributed by atoms with Crippen LogP contribution in [0.4, 0.5) is 0 Å². The van der Waals surface area contributed by atoms with Crippen molar-refractivity contribution >= 4 is 28.8 Å². The summed E-state index contributed by atoms with van der Waals surface area (Å²) in [5.41, 5.74) is -0.605. The first-order chi connectivity index (χ1) is 13.6. The minimum absolute atomic E-state index is 0.0595. The third-order valence-corrected chi connectivity index (χ3v) is 6.31. The van der Waals surface area contributed by atoms with Gasteiger partial charge in [0, 0.05) is 17.7 Å². The predicted octanol–water partition coefficient (Wildman–Crippen LogP) is 5.26. The minimum Gasteiger partial charge on any atom is -0.459 e. The van der Waals surface area contributed by atoms with E-state index in [1.54, 1.807) is 0 Å². The molecule has 1 atom stereocenters. The maximum absolute atomic E-state index is 12.9. The van der Waals surface area contributed by atoms with E-state index in [2.05, 4.69) is 5.32 Å². The highest BCUT2D eigenvalue weighted by atomic mass is 32.2. The molecular formula is C23H41NO4S. The molecule has 0 spiro atoms. The standard InChI is InChI=1S/C23H41NO4S/c1-17(2)22(27)29-16-12-8-11-15-19(21(26)28-23(3,4)5)20(25)24-18-13-9-6-7-10-14-18/h17-19H,6-16H2,1-5H3,(H,24,25)/t19-/m0/s1. The molecule has 0 aromatic carbocycles. The molecule has 1 N–H and O–H groups in total. The number of carbonyl (C=O) groups excluding carboxylic acids is 3. The van der Waals surface area contributed by atoms with Crippen molar-refractivity contribution in [3.8, 4) is 0 Å². The van der Waals surface area contributed by atoms with Gasteiger partial charge in [0.05, 0.1) is 0 Å². The van der Waals surface area contributed by atoms with Crippen LogP contribution in [0.3, 0.4) is 0 Å². The molecule has 1 saturated carbocycles. The molecule has 6 heteroatoms. The van der Waals surface area contributed by atoms with E-state index >= 15 is 0 Å². The Hall–Kier alpha value is -1.04. The van der Waals surface area contributed by atoms with Gasteiger partial charge in [0.2, 0.25) is 5.91 Å². The number of hydrogen-bond donors (Lipinski definition) is 1. The Labute approximate surface area is 181 Å². The molecule has 0 aromatic heterocycles. The van der Waals surface area contributed by atoms with Gasteiger partial charge in [-0.05, 0) is 46.5 Å². The molecule has 0 aliphatic heterocycles. The summed E-state index contributed by atoms with van der Waals surface area (Å²) < 4.78 is 5.52. The second-order valence-electron chi connectivity index (χ2n) is 9.45. The van der Waals surface area contributed by atoms with Gasteiger partial charge in [-0.3, -0.25) is 14.4 Å². The lowest BCUT2D eigenvalue weighted by atomic mass is 9.98. The minimum atomic E-state index is -0.748. The fourth-order valence-electron chi connectivity index (χ4n) is 3.42. The average Bonchev–Trinajstić information content (AvgIpc) is 2.87. The highest BCUT2D eigenvalue weighted by molar-refractivity contribution is 8.13. The maximum Gasteiger partial charge on any atom is 0.319 e. The van der Waals surface area contributed by atoms with Crippen LogP contribution in [0.5, 0.6) is 0 Å². The molecule has 1 rings (SSSR count). The molecule has 0 bridgehead atoms. The van der Waals surface area contributed by atoms with E-state index in [1.165, 1.54) is 24.6 Å². The maximum atomic E-state index is 12.9. The first-order valence-electron chi connectivity index (χ1n) is 11.3. The Balaban J connectivity index is 2.53. The summed E-state index contributed by atoms with van der Waals surface area (Å²) >= 11 is 1.38. The summed E-state index contributed by atoms with van der Waals surface area (Å²) in [5, 5.41) is 3.34. The monoisotopic (exact) mass is 427 g/mol. The first kappa shape index (κ1) is 26.0. The van der Waals surface area contributed by atoms with Crippen LogP contribution in [-0.4, -0.2) is 34.4 Å². The lowest BCUT2D eigenvalue weighted by Crippen LogP contribution is -2.43. The zero-order chi connectivity index (χ0) is 21.9. The van der Waals surface area contributed by atoms with Gasteiger partial charge in [-0.1, -0.05) is 64.1 Å². The summed E-state index contributed by atoms with van der Waals surface area (Å²) in [6.07, 6.45) is 9.78. The summed E-state index contributed by atoms with van der Waals surface area (Å²) in [6, 6.07) is 0.174. The highest BCUT2D eigenvalue weighted by Crippen LogP contribution is 2.21. The van der Waals surface area contributed by atoms with Gasteiger partial charge in [-0.15, -0.1) is 0 Å². The summed E-state index contributed by atoms with van der Waals surface area (Å²) in [5.74, 6) is -0.502. The molecule has 1 amide bonds. The van der Waals surface area contributed by atoms with Gasteiger partial charge < -0.3 is 10.1 Å². The van der Waals surface area contributed by atoms with Crippen molar-refractivity contribution in [2.45, 2.75) is 110 Å². The smallest absolute Gasteiger partial charge is 0.319 e. The predicted molar refractivity (Wildman–Crippen MR) is 120 cm³/mol. The van der Waals surface area contributed by atoms with Crippen molar-refractivity contribution in [2.24, 2.45) is 11.8 Å². The Kier molecular flexibility index (Phi) is 11.9. The van der Waals surface area contributed by atoms with E-state index in [0.29, 0.717) is 6.42 Å². The number of unbranched alkanes of at least 4 members (excludes halogenated alkanes) is 2. The highest BCUT2D eigenvalue weighted by Gasteiger charge is 2.32. The third kappa shape index (κ3) is 11.7. The second-order valence-corrected chi connectivity index (χ2v) is 10.6. The normalized spacial score (nSPS) is 16.9. The van der Waals surface area contributed by atoms with Crippen molar-refractivity contribution in [3.05, 3.63) is 0 Å². The van der Waals surface area contributed by atoms with E-state index in [9.17, 15) is 14.4 Å². The van der Waals surface area contributed by atoms with Crippen LogP contribution in [0.2, 0.25) is 0 Å². The number of nitrogens with one attached hydrogen (secondary N) is 1. The number of thioether (sulfide) groups is 1. The van der Waals surface area contributed by atoms with Crippen LogP contribution >= 0.6 is 11.8 Å². The number of ether oxygens (including phenoxy) is 1. The van der Waals surface area contributed by atoms with Gasteiger partial charge in [0.25, 0.3) is 0 Å². The Morgan fingerprint density at radius 1 is 1.00 bits per heavy atom. The fraction of sp³-hybridized carbons (Fsp3) is 0.870. The molecule has 29 heavy (non-hydrogen) atoms. The average molecular weight is 428 g/mol. The third-order valence-electron chi connectivity index (χ3n) is 5.06. The van der Waals surface area contributed by atoms with E-state index in [1.807, 2.05) is 34.6 Å². The van der Waals surface area contributed by atoms with Crippen LogP contribution < -0.4 is 5.32 Å². The van der Waals surface area contributed by atoms with Crippen LogP contribution in [0.15, 0.2) is 0 Å². The molecule has 0 aromatic rings. The second kappa shape index (κ2) is 13.3. The largest absolute Gasteiger partial charge is 0.459 e. The zero-order valence-electron chi connectivity index (χ0n) is 19.1. The molecule has 168 valence electrons. The summed E-state index contributed by atoms with van der Waals surface area (Å²) in [4.78, 5) is 37.2. The molecule has 0 heterocycles. The lowest BCUT2D eigenvalue weighted by molar-refractivity contribution is -0.163. The van der Waals surface area contributed by atoms with Crippen molar-refractivity contribution in [1.29, 1.82) is 0 Å². The van der Waals surface area contributed by atoms with Gasteiger partial charge >= 0.3 is 5.97 Å². The van der Waals surface area contributed by atoms with Gasteiger partial charge in [-0.2, -0.15) is 0 Å². The van der Waals surface area contributed by atoms with Crippen molar-refractivity contribution < 1.29 is 19.1 Å². The van der Waals surface area contributed by atoms with Crippen molar-refractivity contribution in [2.75, 3.05) is 5.75 Å². The van der Waals surface area contributed by atoms with E-state index in [-0.39, 0.29) is 23.0 Å². The van der Waals surface area contributed by atoms with E-state index in [4.69, 9.17) is 4.74 Å². The molecule has 1 fully saturated rings. The van der Waals surface area contributed by atoms with Crippen molar-refractivity contribution in [3.63, 3.8) is 0 Å². The SMILES string of the molecule is CC(C)C(=O)SCCCCC[C@@H](C(=O)NC1CCCCCC1)C(=O)OC(C)(C)C. The van der Waals surface area contributed by atoms with Crippen LogP contribution in [-0.2, 0) is 19.1 Å². The summed E-state index contributed by atoms with van der Waals surface area (Å²) in [7, 11) is 0. The van der Waals surface area contributed by atoms with E-state index < -0.39 is 17.5 Å². The topological polar surface area (TPSA) is 72.5 Å². The van der Waals surface area contributed by atoms with E-state index in [0.717, 1.165) is 50.7 Å².